The first kappa shape index (κ1) is 14.8. The molecule has 0 aliphatic heterocycles. The topological polar surface area (TPSA) is 127 Å². The van der Waals surface area contributed by atoms with Crippen molar-refractivity contribution in [1.82, 2.24) is 15.1 Å². The van der Waals surface area contributed by atoms with E-state index in [0.717, 1.165) is 4.68 Å². The highest BCUT2D eigenvalue weighted by Gasteiger charge is 2.19. The summed E-state index contributed by atoms with van der Waals surface area (Å²) in [7, 11) is 1.43. The van der Waals surface area contributed by atoms with Gasteiger partial charge >= 0.3 is 0 Å². The number of nitrogens with one attached hydrogen (secondary N) is 1. The van der Waals surface area contributed by atoms with E-state index in [4.69, 9.17) is 5.73 Å². The number of aromatic nitrogens is 2. The second-order valence-electron chi connectivity index (χ2n) is 4.14. The van der Waals surface area contributed by atoms with Crippen molar-refractivity contribution in [3.05, 3.63) is 27.2 Å². The summed E-state index contributed by atoms with van der Waals surface area (Å²) in [5.74, 6) is -1.63. The molecule has 1 heterocycles. The molecule has 0 aliphatic carbocycles. The fraction of sp³-hybridized carbons (Fsp3) is 0.455. The summed E-state index contributed by atoms with van der Waals surface area (Å²) in [5.41, 5.74) is 5.24. The van der Waals surface area contributed by atoms with Crippen molar-refractivity contribution < 1.29 is 14.7 Å². The number of carbonyl (C=O) groups excluding carboxylic acids is 2. The molecular formula is C11H16N4O4. The Morgan fingerprint density at radius 3 is 2.58 bits per heavy atom. The number of hydrogen-bond acceptors (Lipinski definition) is 5. The van der Waals surface area contributed by atoms with Crippen LogP contribution >= 0.6 is 0 Å². The number of amides is 2. The molecule has 0 radical (unpaired) electrons. The predicted molar refractivity (Wildman–Crippen MR) is 66.5 cm³/mol. The van der Waals surface area contributed by atoms with Gasteiger partial charge in [0.2, 0.25) is 5.91 Å². The number of rotatable bonds is 4. The molecule has 0 aliphatic rings. The van der Waals surface area contributed by atoms with E-state index in [9.17, 15) is 19.5 Å². The Kier molecular flexibility index (Phi) is 4.38. The van der Waals surface area contributed by atoms with Crippen LogP contribution in [0.3, 0.4) is 0 Å². The molecule has 19 heavy (non-hydrogen) atoms. The van der Waals surface area contributed by atoms with E-state index in [1.807, 2.05) is 0 Å². The summed E-state index contributed by atoms with van der Waals surface area (Å²) in [6, 6.07) is 0. The van der Waals surface area contributed by atoms with Crippen LogP contribution in [0.4, 0.5) is 0 Å². The van der Waals surface area contributed by atoms with E-state index in [1.165, 1.54) is 7.05 Å². The Bertz CT molecular complexity index is 579. The molecule has 1 aromatic heterocycles. The van der Waals surface area contributed by atoms with Crippen molar-refractivity contribution in [3.8, 4) is 0 Å². The minimum atomic E-state index is -1.49. The summed E-state index contributed by atoms with van der Waals surface area (Å²) in [6.07, 6.45) is -1.49. The average Bonchev–Trinajstić information content (AvgIpc) is 2.33. The number of nitrogens with two attached hydrogens (primary N) is 1. The molecule has 8 heteroatoms. The van der Waals surface area contributed by atoms with Gasteiger partial charge in [-0.25, -0.2) is 4.68 Å². The summed E-state index contributed by atoms with van der Waals surface area (Å²) in [6.45, 7) is 2.92. The van der Waals surface area contributed by atoms with Gasteiger partial charge in [0, 0.05) is 7.05 Å². The SMILES string of the molecule is Cc1nn(C)c(=O)c(C(=O)NCC(O)C(N)=O)c1C. The van der Waals surface area contributed by atoms with E-state index < -0.39 is 23.5 Å². The van der Waals surface area contributed by atoms with Crippen LogP contribution in [-0.4, -0.2) is 39.4 Å². The van der Waals surface area contributed by atoms with Gasteiger partial charge in [0.15, 0.2) is 0 Å². The van der Waals surface area contributed by atoms with E-state index in [2.05, 4.69) is 10.4 Å². The lowest BCUT2D eigenvalue weighted by atomic mass is 10.1. The highest BCUT2D eigenvalue weighted by Crippen LogP contribution is 2.05. The van der Waals surface area contributed by atoms with E-state index in [0.29, 0.717) is 11.3 Å². The molecule has 2 amide bonds. The zero-order valence-electron chi connectivity index (χ0n) is 10.9. The van der Waals surface area contributed by atoms with Crippen LogP contribution in [0.25, 0.3) is 0 Å². The Labute approximate surface area is 109 Å². The van der Waals surface area contributed by atoms with Gasteiger partial charge in [0.25, 0.3) is 11.5 Å². The number of aliphatic hydroxyl groups is 1. The lowest BCUT2D eigenvalue weighted by Crippen LogP contribution is -2.42. The highest BCUT2D eigenvalue weighted by atomic mass is 16.3. The maximum atomic E-state index is 11.9. The van der Waals surface area contributed by atoms with Crippen molar-refractivity contribution in [2.45, 2.75) is 20.0 Å². The van der Waals surface area contributed by atoms with Gasteiger partial charge in [0.05, 0.1) is 12.2 Å². The Balaban J connectivity index is 3.01. The third kappa shape index (κ3) is 3.16. The third-order valence-electron chi connectivity index (χ3n) is 2.74. The second kappa shape index (κ2) is 5.61. The standard InChI is InChI=1S/C11H16N4O4/c1-5-6(2)14-15(3)11(19)8(5)10(18)13-4-7(16)9(12)17/h7,16H,4H2,1-3H3,(H2,12,17)(H,13,18). The Morgan fingerprint density at radius 2 is 2.05 bits per heavy atom. The lowest BCUT2D eigenvalue weighted by Gasteiger charge is -2.11. The summed E-state index contributed by atoms with van der Waals surface area (Å²) in [5, 5.41) is 15.4. The van der Waals surface area contributed by atoms with Crippen LogP contribution in [0.5, 0.6) is 0 Å². The number of carbonyl (C=O) groups is 2. The number of aryl methyl sites for hydroxylation is 2. The summed E-state index contributed by atoms with van der Waals surface area (Å²) >= 11 is 0. The zero-order valence-corrected chi connectivity index (χ0v) is 10.9. The van der Waals surface area contributed by atoms with Gasteiger partial charge in [-0.05, 0) is 19.4 Å². The molecule has 0 fully saturated rings. The molecular weight excluding hydrogens is 252 g/mol. The summed E-state index contributed by atoms with van der Waals surface area (Å²) < 4.78 is 1.06. The van der Waals surface area contributed by atoms with Crippen LogP contribution in [-0.2, 0) is 11.8 Å². The Morgan fingerprint density at radius 1 is 1.47 bits per heavy atom. The van der Waals surface area contributed by atoms with Crippen molar-refractivity contribution in [3.63, 3.8) is 0 Å². The molecule has 8 nitrogen and oxygen atoms in total. The maximum absolute atomic E-state index is 11.9. The van der Waals surface area contributed by atoms with Crippen LogP contribution in [0.1, 0.15) is 21.6 Å². The van der Waals surface area contributed by atoms with E-state index in [1.54, 1.807) is 13.8 Å². The highest BCUT2D eigenvalue weighted by molar-refractivity contribution is 5.95. The van der Waals surface area contributed by atoms with Crippen LogP contribution in [0.2, 0.25) is 0 Å². The van der Waals surface area contributed by atoms with E-state index >= 15 is 0 Å². The first-order chi connectivity index (χ1) is 8.75. The van der Waals surface area contributed by atoms with Crippen molar-refractivity contribution in [2.75, 3.05) is 6.54 Å². The molecule has 0 saturated heterocycles. The van der Waals surface area contributed by atoms with Gasteiger partial charge in [-0.15, -0.1) is 0 Å². The zero-order chi connectivity index (χ0) is 14.7. The van der Waals surface area contributed by atoms with Gasteiger partial charge < -0.3 is 16.2 Å². The van der Waals surface area contributed by atoms with E-state index in [-0.39, 0.29) is 12.1 Å². The van der Waals surface area contributed by atoms with Gasteiger partial charge in [-0.2, -0.15) is 5.10 Å². The maximum Gasteiger partial charge on any atom is 0.279 e. The molecule has 1 rings (SSSR count). The fourth-order valence-corrected chi connectivity index (χ4v) is 1.49. The fourth-order valence-electron chi connectivity index (χ4n) is 1.49. The van der Waals surface area contributed by atoms with Crippen molar-refractivity contribution in [2.24, 2.45) is 12.8 Å². The minimum absolute atomic E-state index is 0.0633. The van der Waals surface area contributed by atoms with Crippen molar-refractivity contribution >= 4 is 11.8 Å². The number of primary amides is 1. The largest absolute Gasteiger partial charge is 0.381 e. The summed E-state index contributed by atoms with van der Waals surface area (Å²) in [4.78, 5) is 34.4. The molecule has 0 bridgehead atoms. The Hall–Kier alpha value is -2.22. The second-order valence-corrected chi connectivity index (χ2v) is 4.14. The molecule has 104 valence electrons. The predicted octanol–water partition coefficient (Wildman–Crippen LogP) is -2.03. The lowest BCUT2D eigenvalue weighted by molar-refractivity contribution is -0.125. The van der Waals surface area contributed by atoms with Crippen LogP contribution in [0, 0.1) is 13.8 Å². The molecule has 1 atom stereocenters. The number of aliphatic hydroxyl groups excluding tert-OH is 1. The number of nitrogens with zero attached hydrogens (tertiary/aromatic N) is 2. The molecule has 0 saturated carbocycles. The quantitative estimate of drug-likeness (QED) is 0.580. The molecule has 1 aromatic rings. The van der Waals surface area contributed by atoms with Crippen molar-refractivity contribution in [1.29, 1.82) is 0 Å². The normalized spacial score (nSPS) is 12.0. The van der Waals surface area contributed by atoms with Gasteiger partial charge in [-0.3, -0.25) is 14.4 Å². The third-order valence-corrected chi connectivity index (χ3v) is 2.74. The monoisotopic (exact) mass is 268 g/mol. The first-order valence-corrected chi connectivity index (χ1v) is 5.55. The van der Waals surface area contributed by atoms with Gasteiger partial charge in [-0.1, -0.05) is 0 Å². The molecule has 0 spiro atoms. The minimum Gasteiger partial charge on any atom is -0.381 e. The van der Waals surface area contributed by atoms with Crippen LogP contribution < -0.4 is 16.6 Å². The smallest absolute Gasteiger partial charge is 0.279 e. The van der Waals surface area contributed by atoms with Gasteiger partial charge in [0.1, 0.15) is 11.7 Å². The van der Waals surface area contributed by atoms with Crippen LogP contribution in [0.15, 0.2) is 4.79 Å². The molecule has 1 unspecified atom stereocenters. The molecule has 4 N–H and O–H groups in total. The molecule has 0 aromatic carbocycles. The first-order valence-electron chi connectivity index (χ1n) is 5.55. The average molecular weight is 268 g/mol. The number of hydrogen-bond donors (Lipinski definition) is 3.